The SMILES string of the molecule is Cc1ccc(N=Cc2ccccc2OS(=O)(=O)c2ccc([N+](=O)[O-])cc2)cc1. The minimum absolute atomic E-state index is 0.108. The van der Waals surface area contributed by atoms with E-state index in [0.29, 0.717) is 5.56 Å². The molecule has 0 heterocycles. The maximum atomic E-state index is 12.5. The minimum atomic E-state index is -4.15. The molecule has 3 aromatic carbocycles. The molecule has 28 heavy (non-hydrogen) atoms. The second-order valence-corrected chi connectivity index (χ2v) is 7.47. The molecule has 3 rings (SSSR count). The van der Waals surface area contributed by atoms with Crippen LogP contribution in [0.3, 0.4) is 0 Å². The summed E-state index contributed by atoms with van der Waals surface area (Å²) in [7, 11) is -4.15. The van der Waals surface area contributed by atoms with E-state index >= 15 is 0 Å². The molecule has 0 atom stereocenters. The van der Waals surface area contributed by atoms with Crippen molar-refractivity contribution in [2.45, 2.75) is 11.8 Å². The third kappa shape index (κ3) is 4.60. The average molecular weight is 396 g/mol. The van der Waals surface area contributed by atoms with E-state index < -0.39 is 15.0 Å². The molecule has 0 radical (unpaired) electrons. The summed E-state index contributed by atoms with van der Waals surface area (Å²) in [5, 5.41) is 10.7. The van der Waals surface area contributed by atoms with Gasteiger partial charge in [0.05, 0.1) is 10.6 Å². The Hall–Kier alpha value is -3.52. The Morgan fingerprint density at radius 2 is 1.61 bits per heavy atom. The molecule has 0 aliphatic heterocycles. The van der Waals surface area contributed by atoms with Crippen LogP contribution in [0.5, 0.6) is 5.75 Å². The summed E-state index contributed by atoms with van der Waals surface area (Å²) in [6, 6.07) is 18.6. The highest BCUT2D eigenvalue weighted by Gasteiger charge is 2.19. The van der Waals surface area contributed by atoms with Crippen LogP contribution in [0, 0.1) is 17.0 Å². The van der Waals surface area contributed by atoms with Crippen molar-refractivity contribution >= 4 is 27.7 Å². The van der Waals surface area contributed by atoms with Gasteiger partial charge in [0.25, 0.3) is 5.69 Å². The Balaban J connectivity index is 1.86. The first kappa shape index (κ1) is 19.2. The molecule has 8 heteroatoms. The largest absolute Gasteiger partial charge is 0.378 e. The fourth-order valence-electron chi connectivity index (χ4n) is 2.34. The van der Waals surface area contributed by atoms with Crippen LogP contribution in [0.4, 0.5) is 11.4 Å². The maximum Gasteiger partial charge on any atom is 0.339 e. The summed E-state index contributed by atoms with van der Waals surface area (Å²) in [6.07, 6.45) is 1.52. The number of nitro groups is 1. The zero-order valence-electron chi connectivity index (χ0n) is 14.8. The predicted octanol–water partition coefficient (Wildman–Crippen LogP) is 4.42. The van der Waals surface area contributed by atoms with E-state index in [1.807, 2.05) is 31.2 Å². The number of aliphatic imine (C=N–C) groups is 1. The van der Waals surface area contributed by atoms with Crippen LogP contribution in [0.1, 0.15) is 11.1 Å². The predicted molar refractivity (Wildman–Crippen MR) is 106 cm³/mol. The monoisotopic (exact) mass is 396 g/mol. The third-order valence-corrected chi connectivity index (χ3v) is 5.09. The lowest BCUT2D eigenvalue weighted by molar-refractivity contribution is -0.384. The van der Waals surface area contributed by atoms with Gasteiger partial charge in [0.2, 0.25) is 0 Å². The first-order chi connectivity index (χ1) is 13.3. The number of para-hydroxylation sites is 1. The Labute approximate surface area is 162 Å². The van der Waals surface area contributed by atoms with Crippen LogP contribution in [0.25, 0.3) is 0 Å². The van der Waals surface area contributed by atoms with Crippen LogP contribution < -0.4 is 4.18 Å². The maximum absolute atomic E-state index is 12.5. The molecular weight excluding hydrogens is 380 g/mol. The van der Waals surface area contributed by atoms with Crippen molar-refractivity contribution in [1.82, 2.24) is 0 Å². The van der Waals surface area contributed by atoms with Crippen LogP contribution in [-0.2, 0) is 10.1 Å². The van der Waals surface area contributed by atoms with Gasteiger partial charge in [-0.05, 0) is 43.3 Å². The van der Waals surface area contributed by atoms with Gasteiger partial charge in [-0.3, -0.25) is 15.1 Å². The van der Waals surface area contributed by atoms with Crippen molar-refractivity contribution in [2.24, 2.45) is 4.99 Å². The van der Waals surface area contributed by atoms with E-state index in [0.717, 1.165) is 35.5 Å². The van der Waals surface area contributed by atoms with Gasteiger partial charge in [-0.1, -0.05) is 29.8 Å². The second-order valence-electron chi connectivity index (χ2n) is 5.92. The van der Waals surface area contributed by atoms with Gasteiger partial charge in [0, 0.05) is 23.9 Å². The topological polar surface area (TPSA) is 98.9 Å². The molecule has 0 N–H and O–H groups in total. The number of non-ortho nitro benzene ring substituents is 1. The standard InChI is InChI=1S/C20H16N2O5S/c1-15-6-8-17(9-7-15)21-14-16-4-2-3-5-20(16)27-28(25,26)19-12-10-18(11-13-19)22(23)24/h2-14H,1H3. The number of nitrogens with zero attached hydrogens (tertiary/aromatic N) is 2. The molecule has 3 aromatic rings. The van der Waals surface area contributed by atoms with Gasteiger partial charge in [0.1, 0.15) is 4.90 Å². The number of benzene rings is 3. The highest BCUT2D eigenvalue weighted by atomic mass is 32.2. The number of hydrogen-bond donors (Lipinski definition) is 0. The molecule has 0 amide bonds. The Kier molecular flexibility index (Phi) is 5.51. The number of aryl methyl sites for hydroxylation is 1. The third-order valence-electron chi connectivity index (χ3n) is 3.84. The average Bonchev–Trinajstić information content (AvgIpc) is 2.68. The lowest BCUT2D eigenvalue weighted by Gasteiger charge is -2.09. The molecule has 142 valence electrons. The van der Waals surface area contributed by atoms with Crippen LogP contribution >= 0.6 is 0 Å². The van der Waals surface area contributed by atoms with E-state index in [2.05, 4.69) is 4.99 Å². The Morgan fingerprint density at radius 3 is 2.25 bits per heavy atom. The van der Waals surface area contributed by atoms with Crippen LogP contribution in [-0.4, -0.2) is 19.6 Å². The molecular formula is C20H16N2O5S. The van der Waals surface area contributed by atoms with Crippen molar-refractivity contribution in [3.8, 4) is 5.75 Å². The lowest BCUT2D eigenvalue weighted by atomic mass is 10.2. The van der Waals surface area contributed by atoms with Gasteiger partial charge in [-0.2, -0.15) is 8.42 Å². The zero-order chi connectivity index (χ0) is 20.1. The molecule has 0 aromatic heterocycles. The highest BCUT2D eigenvalue weighted by molar-refractivity contribution is 7.87. The summed E-state index contributed by atoms with van der Waals surface area (Å²) >= 11 is 0. The van der Waals surface area contributed by atoms with E-state index in [4.69, 9.17) is 4.18 Å². The summed E-state index contributed by atoms with van der Waals surface area (Å²) in [4.78, 5) is 14.3. The lowest BCUT2D eigenvalue weighted by Crippen LogP contribution is -2.11. The van der Waals surface area contributed by atoms with Crippen molar-refractivity contribution in [2.75, 3.05) is 0 Å². The summed E-state index contributed by atoms with van der Waals surface area (Å²) < 4.78 is 30.3. The Morgan fingerprint density at radius 1 is 0.964 bits per heavy atom. The summed E-state index contributed by atoms with van der Waals surface area (Å²) in [5.74, 6) is 0.108. The molecule has 0 unspecified atom stereocenters. The molecule has 0 aliphatic rings. The molecule has 7 nitrogen and oxygen atoms in total. The molecule has 0 aliphatic carbocycles. The Bertz CT molecular complexity index is 1120. The molecule has 0 spiro atoms. The number of nitro benzene ring substituents is 1. The van der Waals surface area contributed by atoms with E-state index in [9.17, 15) is 18.5 Å². The van der Waals surface area contributed by atoms with E-state index in [1.54, 1.807) is 18.2 Å². The first-order valence-corrected chi connectivity index (χ1v) is 9.65. The minimum Gasteiger partial charge on any atom is -0.378 e. The fraction of sp³-hybridized carbons (Fsp3) is 0.0500. The van der Waals surface area contributed by atoms with Crippen LogP contribution in [0.2, 0.25) is 0 Å². The van der Waals surface area contributed by atoms with Gasteiger partial charge >= 0.3 is 10.1 Å². The van der Waals surface area contributed by atoms with Crippen molar-refractivity contribution in [1.29, 1.82) is 0 Å². The number of rotatable bonds is 6. The smallest absolute Gasteiger partial charge is 0.339 e. The van der Waals surface area contributed by atoms with Crippen molar-refractivity contribution in [3.63, 3.8) is 0 Å². The first-order valence-electron chi connectivity index (χ1n) is 8.24. The van der Waals surface area contributed by atoms with Gasteiger partial charge in [0.15, 0.2) is 5.75 Å². The molecule has 0 saturated carbocycles. The summed E-state index contributed by atoms with van der Waals surface area (Å²) in [6.45, 7) is 1.97. The number of hydrogen-bond acceptors (Lipinski definition) is 6. The van der Waals surface area contributed by atoms with Crippen molar-refractivity contribution < 1.29 is 17.5 Å². The summed E-state index contributed by atoms with van der Waals surface area (Å²) in [5.41, 5.74) is 2.11. The zero-order valence-corrected chi connectivity index (χ0v) is 15.7. The van der Waals surface area contributed by atoms with Crippen LogP contribution in [0.15, 0.2) is 82.7 Å². The van der Waals surface area contributed by atoms with Gasteiger partial charge in [-0.25, -0.2) is 0 Å². The quantitative estimate of drug-likeness (QED) is 0.266. The molecule has 0 bridgehead atoms. The van der Waals surface area contributed by atoms with E-state index in [1.165, 1.54) is 12.3 Å². The van der Waals surface area contributed by atoms with E-state index in [-0.39, 0.29) is 16.3 Å². The fourth-order valence-corrected chi connectivity index (χ4v) is 3.29. The van der Waals surface area contributed by atoms with Gasteiger partial charge in [-0.15, -0.1) is 0 Å². The second kappa shape index (κ2) is 8.01. The van der Waals surface area contributed by atoms with Crippen molar-refractivity contribution in [3.05, 3.63) is 94.0 Å². The molecule has 0 saturated heterocycles. The van der Waals surface area contributed by atoms with Gasteiger partial charge < -0.3 is 4.18 Å². The molecule has 0 fully saturated rings. The highest BCUT2D eigenvalue weighted by Crippen LogP contribution is 2.24. The normalized spacial score (nSPS) is 11.5.